The first kappa shape index (κ1) is 25.0. The molecule has 0 saturated heterocycles. The lowest BCUT2D eigenvalue weighted by molar-refractivity contribution is -0.140. The van der Waals surface area contributed by atoms with E-state index in [1.54, 1.807) is 5.48 Å². The van der Waals surface area contributed by atoms with Gasteiger partial charge in [0, 0.05) is 0 Å². The van der Waals surface area contributed by atoms with E-state index in [-0.39, 0.29) is 18.2 Å². The van der Waals surface area contributed by atoms with Crippen molar-refractivity contribution in [2.24, 2.45) is 17.8 Å². The summed E-state index contributed by atoms with van der Waals surface area (Å²) in [6.45, 7) is 7.53. The maximum absolute atomic E-state index is 13.3. The minimum atomic E-state index is -0.877. The molecule has 2 rings (SSSR count). The van der Waals surface area contributed by atoms with Gasteiger partial charge < -0.3 is 9.73 Å². The topological polar surface area (TPSA) is 122 Å². The van der Waals surface area contributed by atoms with Crippen molar-refractivity contribution in [3.63, 3.8) is 0 Å². The zero-order chi connectivity index (χ0) is 23.5. The van der Waals surface area contributed by atoms with Crippen molar-refractivity contribution in [2.45, 2.75) is 45.6 Å². The number of aryl methyl sites for hydroxylation is 1. The van der Waals surface area contributed by atoms with E-state index < -0.39 is 35.5 Å². The fourth-order valence-electron chi connectivity index (χ4n) is 3.68. The molecule has 3 atom stereocenters. The van der Waals surface area contributed by atoms with Crippen molar-refractivity contribution in [3.05, 3.63) is 66.9 Å². The summed E-state index contributed by atoms with van der Waals surface area (Å²) >= 11 is 0. The van der Waals surface area contributed by atoms with Crippen LogP contribution in [0.25, 0.3) is 0 Å². The summed E-state index contributed by atoms with van der Waals surface area (Å²) in [6, 6.07) is 8.74. The Labute approximate surface area is 188 Å². The summed E-state index contributed by atoms with van der Waals surface area (Å²) in [6.07, 6.45) is 5.71. The average molecular weight is 442 g/mol. The summed E-state index contributed by atoms with van der Waals surface area (Å²) in [5.41, 5.74) is 2.67. The number of carbonyl (C=O) groups is 3. The molecule has 0 fully saturated rings. The van der Waals surface area contributed by atoms with Crippen molar-refractivity contribution < 1.29 is 24.0 Å². The van der Waals surface area contributed by atoms with Crippen LogP contribution in [-0.4, -0.2) is 33.8 Å². The van der Waals surface area contributed by atoms with Gasteiger partial charge in [0.15, 0.2) is 0 Å². The predicted molar refractivity (Wildman–Crippen MR) is 119 cm³/mol. The van der Waals surface area contributed by atoms with E-state index in [4.69, 9.17) is 9.62 Å². The standard InChI is InChI=1S/C24H31N3O5/c1-4-8-18(23(30)27-31)19(15-16(2)3)22(29)26-20(21(28)24-25-13-14-32-24)12-11-17-9-6-5-7-10-17/h4-7,9-10,13-14,16,18-20,31H,1,8,11-12,15H2,2-3H3,(H,26,29)(H,27,30)/t18-,19+,20?/m0/s1. The van der Waals surface area contributed by atoms with Crippen LogP contribution < -0.4 is 10.8 Å². The van der Waals surface area contributed by atoms with Crippen LogP contribution in [0.1, 0.15) is 49.4 Å². The largest absolute Gasteiger partial charge is 0.442 e. The molecule has 1 heterocycles. The molecule has 1 unspecified atom stereocenters. The number of allylic oxidation sites excluding steroid dienone is 1. The molecule has 0 bridgehead atoms. The Bertz CT molecular complexity index is 880. The van der Waals surface area contributed by atoms with E-state index in [1.807, 2.05) is 44.2 Å². The average Bonchev–Trinajstić information content (AvgIpc) is 3.33. The lowest BCUT2D eigenvalue weighted by atomic mass is 9.82. The number of hydrogen-bond acceptors (Lipinski definition) is 6. The second kappa shape index (κ2) is 12.6. The number of nitrogens with one attached hydrogen (secondary N) is 2. The number of nitrogens with zero attached hydrogens (tertiary/aromatic N) is 1. The number of rotatable bonds is 13. The summed E-state index contributed by atoms with van der Waals surface area (Å²) < 4.78 is 5.15. The first-order chi connectivity index (χ1) is 15.4. The van der Waals surface area contributed by atoms with Gasteiger partial charge in [-0.15, -0.1) is 6.58 Å². The van der Waals surface area contributed by atoms with Crippen molar-refractivity contribution >= 4 is 17.6 Å². The molecule has 8 nitrogen and oxygen atoms in total. The van der Waals surface area contributed by atoms with Gasteiger partial charge in [-0.1, -0.05) is 50.3 Å². The molecule has 3 N–H and O–H groups in total. The molecule has 0 spiro atoms. The van der Waals surface area contributed by atoms with Gasteiger partial charge in [-0.25, -0.2) is 10.5 Å². The minimum Gasteiger partial charge on any atom is -0.442 e. The Kier molecular flexibility index (Phi) is 9.81. The highest BCUT2D eigenvalue weighted by Crippen LogP contribution is 2.25. The number of Topliss-reactive ketones (excluding diaryl/α,β-unsaturated/α-hetero) is 1. The van der Waals surface area contributed by atoms with Crippen LogP contribution >= 0.6 is 0 Å². The van der Waals surface area contributed by atoms with Gasteiger partial charge in [-0.2, -0.15) is 0 Å². The number of oxazole rings is 1. The number of ketones is 1. The molecule has 1 aromatic heterocycles. The number of hydroxylamine groups is 1. The zero-order valence-corrected chi connectivity index (χ0v) is 18.5. The lowest BCUT2D eigenvalue weighted by Crippen LogP contribution is -2.48. The highest BCUT2D eigenvalue weighted by atomic mass is 16.5. The van der Waals surface area contributed by atoms with E-state index in [0.717, 1.165) is 5.56 Å². The molecule has 0 radical (unpaired) electrons. The minimum absolute atomic E-state index is 0.0838. The Morgan fingerprint density at radius 2 is 1.88 bits per heavy atom. The Hall–Kier alpha value is -3.26. The van der Waals surface area contributed by atoms with Crippen LogP contribution in [0.3, 0.4) is 0 Å². The van der Waals surface area contributed by atoms with E-state index in [1.165, 1.54) is 18.5 Å². The monoisotopic (exact) mass is 441 g/mol. The fraction of sp³-hybridized carbons (Fsp3) is 0.417. The quantitative estimate of drug-likeness (QED) is 0.190. The SMILES string of the molecule is C=CC[C@H](C(=O)NO)[C@@H](CC(C)C)C(=O)NC(CCc1ccccc1)C(=O)c1ncco1. The van der Waals surface area contributed by atoms with E-state index >= 15 is 0 Å². The highest BCUT2D eigenvalue weighted by Gasteiger charge is 2.36. The summed E-state index contributed by atoms with van der Waals surface area (Å²) in [4.78, 5) is 42.5. The third-order valence-corrected chi connectivity index (χ3v) is 5.26. The normalized spacial score (nSPS) is 13.8. The number of carbonyl (C=O) groups excluding carboxylic acids is 3. The summed E-state index contributed by atoms with van der Waals surface area (Å²) in [5.74, 6) is -3.08. The Balaban J connectivity index is 2.26. The molecule has 2 amide bonds. The molecule has 2 aromatic rings. The Morgan fingerprint density at radius 1 is 1.16 bits per heavy atom. The first-order valence-corrected chi connectivity index (χ1v) is 10.7. The van der Waals surface area contributed by atoms with Gasteiger partial charge in [0.05, 0.1) is 24.1 Å². The molecule has 172 valence electrons. The maximum Gasteiger partial charge on any atom is 0.265 e. The first-order valence-electron chi connectivity index (χ1n) is 10.7. The van der Waals surface area contributed by atoms with Gasteiger partial charge in [0.1, 0.15) is 6.26 Å². The number of hydrogen-bond donors (Lipinski definition) is 3. The van der Waals surface area contributed by atoms with Gasteiger partial charge >= 0.3 is 0 Å². The third-order valence-electron chi connectivity index (χ3n) is 5.26. The molecular weight excluding hydrogens is 410 g/mol. The summed E-state index contributed by atoms with van der Waals surface area (Å²) in [7, 11) is 0. The van der Waals surface area contributed by atoms with E-state index in [2.05, 4.69) is 16.9 Å². The number of aromatic nitrogens is 1. The lowest BCUT2D eigenvalue weighted by Gasteiger charge is -2.27. The predicted octanol–water partition coefficient (Wildman–Crippen LogP) is 3.33. The van der Waals surface area contributed by atoms with Crippen LogP contribution in [0, 0.1) is 17.8 Å². The summed E-state index contributed by atoms with van der Waals surface area (Å²) in [5, 5.41) is 12.0. The number of amides is 2. The van der Waals surface area contributed by atoms with Gasteiger partial charge in [0.2, 0.25) is 17.6 Å². The van der Waals surface area contributed by atoms with E-state index in [9.17, 15) is 14.4 Å². The smallest absolute Gasteiger partial charge is 0.265 e. The molecule has 0 aliphatic carbocycles. The Morgan fingerprint density at radius 3 is 2.44 bits per heavy atom. The van der Waals surface area contributed by atoms with E-state index in [0.29, 0.717) is 19.3 Å². The van der Waals surface area contributed by atoms with Gasteiger partial charge in [-0.3, -0.25) is 19.6 Å². The van der Waals surface area contributed by atoms with Crippen LogP contribution in [0.5, 0.6) is 0 Å². The van der Waals surface area contributed by atoms with Crippen LogP contribution in [-0.2, 0) is 16.0 Å². The fourth-order valence-corrected chi connectivity index (χ4v) is 3.68. The van der Waals surface area contributed by atoms with Crippen molar-refractivity contribution in [1.29, 1.82) is 0 Å². The molecule has 8 heteroatoms. The molecule has 32 heavy (non-hydrogen) atoms. The van der Waals surface area contributed by atoms with Crippen LogP contribution in [0.2, 0.25) is 0 Å². The molecule has 0 saturated carbocycles. The van der Waals surface area contributed by atoms with Gasteiger partial charge in [0.25, 0.3) is 5.89 Å². The third kappa shape index (κ3) is 7.16. The van der Waals surface area contributed by atoms with Crippen molar-refractivity contribution in [3.8, 4) is 0 Å². The number of benzene rings is 1. The highest BCUT2D eigenvalue weighted by molar-refractivity contribution is 5.99. The second-order valence-electron chi connectivity index (χ2n) is 8.13. The maximum atomic E-state index is 13.3. The molecule has 0 aliphatic rings. The second-order valence-corrected chi connectivity index (χ2v) is 8.13. The molecule has 0 aliphatic heterocycles. The van der Waals surface area contributed by atoms with Gasteiger partial charge in [-0.05, 0) is 37.2 Å². The van der Waals surface area contributed by atoms with Crippen LogP contribution in [0.4, 0.5) is 0 Å². The molecular formula is C24H31N3O5. The molecule has 1 aromatic carbocycles. The van der Waals surface area contributed by atoms with Crippen molar-refractivity contribution in [1.82, 2.24) is 15.8 Å². The zero-order valence-electron chi connectivity index (χ0n) is 18.5. The van der Waals surface area contributed by atoms with Crippen molar-refractivity contribution in [2.75, 3.05) is 0 Å². The van der Waals surface area contributed by atoms with Crippen LogP contribution in [0.15, 0.2) is 59.9 Å².